The molecule has 2 N–H and O–H groups in total. The van der Waals surface area contributed by atoms with E-state index in [2.05, 4.69) is 27.0 Å². The number of benzene rings is 2. The maximum atomic E-state index is 13.7. The number of aliphatic hydroxyl groups is 1. The average Bonchev–Trinajstić information content (AvgIpc) is 3.19. The maximum Gasteiger partial charge on any atom is 0.254 e. The van der Waals surface area contributed by atoms with Crippen molar-refractivity contribution in [1.29, 1.82) is 0 Å². The van der Waals surface area contributed by atoms with Crippen molar-refractivity contribution in [2.45, 2.75) is 38.0 Å². The van der Waals surface area contributed by atoms with Gasteiger partial charge in [-0.05, 0) is 43.5 Å². The standard InChI is InChI=1S/C25H30N4O3/c1-17-26-21-8-7-19(15-22(21)27-17)25(31)29-13-14-32-23(16-28-11-9-20(30)10-12-28)24(29)18-5-3-2-4-6-18/h2-8,15,20,23-24,30H,9-14,16H2,1H3,(H,26,27)/t23-,24-/m0/s1. The van der Waals surface area contributed by atoms with E-state index in [9.17, 15) is 9.90 Å². The van der Waals surface area contributed by atoms with E-state index < -0.39 is 0 Å². The summed E-state index contributed by atoms with van der Waals surface area (Å²) in [5.74, 6) is 0.847. The first-order valence-corrected chi connectivity index (χ1v) is 11.4. The Bertz CT molecular complexity index is 1080. The quantitative estimate of drug-likeness (QED) is 0.660. The van der Waals surface area contributed by atoms with Crippen LogP contribution in [0.2, 0.25) is 0 Å². The van der Waals surface area contributed by atoms with E-state index in [4.69, 9.17) is 4.74 Å². The number of hydrogen-bond donors (Lipinski definition) is 2. The van der Waals surface area contributed by atoms with Crippen molar-refractivity contribution in [2.75, 3.05) is 32.8 Å². The molecular weight excluding hydrogens is 404 g/mol. The third-order valence-electron chi connectivity index (χ3n) is 6.60. The molecule has 0 unspecified atom stereocenters. The van der Waals surface area contributed by atoms with Crippen LogP contribution in [0.25, 0.3) is 11.0 Å². The van der Waals surface area contributed by atoms with Crippen LogP contribution < -0.4 is 0 Å². The highest BCUT2D eigenvalue weighted by molar-refractivity contribution is 5.97. The number of carbonyl (C=O) groups is 1. The molecule has 2 fully saturated rings. The van der Waals surface area contributed by atoms with E-state index in [0.29, 0.717) is 18.7 Å². The first kappa shape index (κ1) is 21.1. The van der Waals surface area contributed by atoms with Crippen LogP contribution in [0.3, 0.4) is 0 Å². The van der Waals surface area contributed by atoms with Gasteiger partial charge in [0.1, 0.15) is 5.82 Å². The van der Waals surface area contributed by atoms with Gasteiger partial charge in [0.15, 0.2) is 0 Å². The summed E-state index contributed by atoms with van der Waals surface area (Å²) < 4.78 is 6.25. The van der Waals surface area contributed by atoms with Crippen molar-refractivity contribution in [1.82, 2.24) is 19.8 Å². The van der Waals surface area contributed by atoms with Gasteiger partial charge in [-0.1, -0.05) is 30.3 Å². The van der Waals surface area contributed by atoms with Gasteiger partial charge in [0.25, 0.3) is 5.91 Å². The van der Waals surface area contributed by atoms with E-state index in [1.165, 1.54) is 0 Å². The van der Waals surface area contributed by atoms with Crippen molar-refractivity contribution in [3.05, 3.63) is 65.5 Å². The lowest BCUT2D eigenvalue weighted by Crippen LogP contribution is -2.52. The fraction of sp³-hybridized carbons (Fsp3) is 0.440. The van der Waals surface area contributed by atoms with Gasteiger partial charge in [0.2, 0.25) is 0 Å². The molecule has 1 amide bonds. The zero-order valence-corrected chi connectivity index (χ0v) is 18.4. The number of aliphatic hydroxyl groups excluding tert-OH is 1. The van der Waals surface area contributed by atoms with Crippen molar-refractivity contribution in [2.24, 2.45) is 0 Å². The lowest BCUT2D eigenvalue weighted by Gasteiger charge is -2.44. The smallest absolute Gasteiger partial charge is 0.254 e. The number of morpholine rings is 1. The molecule has 3 heterocycles. The first-order chi connectivity index (χ1) is 15.6. The van der Waals surface area contributed by atoms with Crippen LogP contribution in [0.5, 0.6) is 0 Å². The molecule has 0 bridgehead atoms. The number of nitrogens with one attached hydrogen (secondary N) is 1. The van der Waals surface area contributed by atoms with Gasteiger partial charge in [-0.2, -0.15) is 0 Å². The number of aromatic amines is 1. The van der Waals surface area contributed by atoms with Crippen LogP contribution in [0, 0.1) is 6.92 Å². The second-order valence-electron chi connectivity index (χ2n) is 8.85. The number of likely N-dealkylation sites (tertiary alicyclic amines) is 1. The molecule has 7 heteroatoms. The van der Waals surface area contributed by atoms with Gasteiger partial charge in [0.05, 0.1) is 35.9 Å². The summed E-state index contributed by atoms with van der Waals surface area (Å²) in [6, 6.07) is 15.7. The Morgan fingerprint density at radius 1 is 1.16 bits per heavy atom. The lowest BCUT2D eigenvalue weighted by molar-refractivity contribution is -0.0770. The molecule has 0 spiro atoms. The number of imidazole rings is 1. The van der Waals surface area contributed by atoms with Gasteiger partial charge >= 0.3 is 0 Å². The van der Waals surface area contributed by atoms with E-state index in [-0.39, 0.29) is 24.2 Å². The largest absolute Gasteiger partial charge is 0.393 e. The Morgan fingerprint density at radius 3 is 2.72 bits per heavy atom. The Hall–Kier alpha value is -2.74. The third kappa shape index (κ3) is 4.28. The number of rotatable bonds is 4. The molecule has 0 saturated carbocycles. The van der Waals surface area contributed by atoms with Crippen molar-refractivity contribution < 1.29 is 14.6 Å². The monoisotopic (exact) mass is 434 g/mol. The zero-order valence-electron chi connectivity index (χ0n) is 18.4. The number of carbonyl (C=O) groups excluding carboxylic acids is 1. The van der Waals surface area contributed by atoms with Gasteiger partial charge < -0.3 is 24.6 Å². The number of aryl methyl sites for hydroxylation is 1. The van der Waals surface area contributed by atoms with E-state index in [0.717, 1.165) is 54.9 Å². The number of aromatic nitrogens is 2. The summed E-state index contributed by atoms with van der Waals surface area (Å²) in [5, 5.41) is 9.86. The zero-order chi connectivity index (χ0) is 22.1. The average molecular weight is 435 g/mol. The summed E-state index contributed by atoms with van der Waals surface area (Å²) in [7, 11) is 0. The number of H-pyrrole nitrogens is 1. The number of ether oxygens (including phenoxy) is 1. The SMILES string of the molecule is Cc1nc2ccc(C(=O)N3CCO[C@@H](CN4CCC(O)CC4)[C@@H]3c3ccccc3)cc2[nH]1. The van der Waals surface area contributed by atoms with Crippen LogP contribution >= 0.6 is 0 Å². The van der Waals surface area contributed by atoms with Gasteiger partial charge in [-0.25, -0.2) is 4.98 Å². The fourth-order valence-corrected chi connectivity index (χ4v) is 4.95. The highest BCUT2D eigenvalue weighted by Crippen LogP contribution is 2.32. The molecule has 0 radical (unpaired) electrons. The Kier molecular flexibility index (Phi) is 5.95. The number of amides is 1. The summed E-state index contributed by atoms with van der Waals surface area (Å²) in [5.41, 5.74) is 3.48. The molecule has 1 aromatic heterocycles. The highest BCUT2D eigenvalue weighted by Gasteiger charge is 2.38. The van der Waals surface area contributed by atoms with E-state index in [1.807, 2.05) is 48.2 Å². The topological polar surface area (TPSA) is 81.7 Å². The predicted octanol–water partition coefficient (Wildman–Crippen LogP) is 2.91. The van der Waals surface area contributed by atoms with Crippen molar-refractivity contribution in [3.63, 3.8) is 0 Å². The summed E-state index contributed by atoms with van der Waals surface area (Å²) in [6.07, 6.45) is 1.25. The minimum absolute atomic E-state index is 0.00960. The first-order valence-electron chi connectivity index (χ1n) is 11.4. The molecule has 32 heavy (non-hydrogen) atoms. The summed E-state index contributed by atoms with van der Waals surface area (Å²) >= 11 is 0. The molecule has 168 valence electrons. The molecule has 2 aliphatic heterocycles. The number of fused-ring (bicyclic) bond motifs is 1. The minimum Gasteiger partial charge on any atom is -0.393 e. The second-order valence-corrected chi connectivity index (χ2v) is 8.85. The molecular formula is C25H30N4O3. The van der Waals surface area contributed by atoms with Crippen LogP contribution in [0.15, 0.2) is 48.5 Å². The van der Waals surface area contributed by atoms with Crippen molar-refractivity contribution >= 4 is 16.9 Å². The van der Waals surface area contributed by atoms with Crippen LogP contribution in [0.1, 0.15) is 40.6 Å². The van der Waals surface area contributed by atoms with Gasteiger partial charge in [-0.3, -0.25) is 4.79 Å². The molecule has 2 atom stereocenters. The molecule has 2 saturated heterocycles. The van der Waals surface area contributed by atoms with E-state index >= 15 is 0 Å². The Labute approximate surface area is 188 Å². The maximum absolute atomic E-state index is 13.7. The molecule has 0 aliphatic carbocycles. The van der Waals surface area contributed by atoms with Gasteiger partial charge in [0, 0.05) is 31.7 Å². The molecule has 7 nitrogen and oxygen atoms in total. The fourth-order valence-electron chi connectivity index (χ4n) is 4.95. The Morgan fingerprint density at radius 2 is 1.94 bits per heavy atom. The number of nitrogens with zero attached hydrogens (tertiary/aromatic N) is 3. The molecule has 2 aliphatic rings. The third-order valence-corrected chi connectivity index (χ3v) is 6.60. The van der Waals surface area contributed by atoms with Gasteiger partial charge in [-0.15, -0.1) is 0 Å². The van der Waals surface area contributed by atoms with Crippen LogP contribution in [-0.2, 0) is 4.74 Å². The summed E-state index contributed by atoms with van der Waals surface area (Å²) in [6.45, 7) is 5.43. The van der Waals surface area contributed by atoms with Crippen molar-refractivity contribution in [3.8, 4) is 0 Å². The van der Waals surface area contributed by atoms with Crippen LogP contribution in [-0.4, -0.2) is 75.8 Å². The normalized spacial score (nSPS) is 23.0. The Balaban J connectivity index is 1.44. The molecule has 2 aromatic carbocycles. The molecule has 3 aromatic rings. The second kappa shape index (κ2) is 9.02. The number of hydrogen-bond acceptors (Lipinski definition) is 5. The molecule has 5 rings (SSSR count). The van der Waals surface area contributed by atoms with Crippen LogP contribution in [0.4, 0.5) is 0 Å². The number of piperidine rings is 1. The lowest BCUT2D eigenvalue weighted by atomic mass is 9.95. The summed E-state index contributed by atoms with van der Waals surface area (Å²) in [4.78, 5) is 25.7. The van der Waals surface area contributed by atoms with E-state index in [1.54, 1.807) is 0 Å². The predicted molar refractivity (Wildman–Crippen MR) is 122 cm³/mol. The highest BCUT2D eigenvalue weighted by atomic mass is 16.5. The minimum atomic E-state index is -0.206.